The summed E-state index contributed by atoms with van der Waals surface area (Å²) in [6, 6.07) is 8.97. The molecule has 0 atom stereocenters. The maximum absolute atomic E-state index is 4.07. The zero-order chi connectivity index (χ0) is 14.2. The fourth-order valence-corrected chi connectivity index (χ4v) is 8.20. The number of likely N-dealkylation sites (N-methyl/N-ethyl adjacent to an activating group) is 1. The number of hydrogen-bond donors (Lipinski definition) is 0. The van der Waals surface area contributed by atoms with Crippen LogP contribution in [-0.2, 0) is 0 Å². The molecule has 1 aromatic rings. The number of nitrogens with zero attached hydrogens (tertiary/aromatic N) is 1. The van der Waals surface area contributed by atoms with Crippen LogP contribution in [0.25, 0.3) is 0 Å². The fraction of sp³-hybridized carbons (Fsp3) is 0.333. The SMILES string of the molecule is C=CC1=C(/C=C\C)S2(CCCC2)c2ccccc2N1C. The largest absolute Gasteiger partial charge is 0.343 e. The second kappa shape index (κ2) is 5.17. The molecule has 2 heteroatoms. The molecule has 0 amide bonds. The molecule has 1 aromatic carbocycles. The van der Waals surface area contributed by atoms with Crippen molar-refractivity contribution < 1.29 is 0 Å². The van der Waals surface area contributed by atoms with Crippen molar-refractivity contribution in [1.29, 1.82) is 0 Å². The Labute approximate surface area is 124 Å². The standard InChI is InChI=1S/C18H23NS/c1-4-10-17-15(5-2)19(3)16-11-6-7-12-18(16)20(17)13-8-9-14-20/h4-7,10-12H,2,8-9,13-14H2,1,3H3/b10-4-. The van der Waals surface area contributed by atoms with Crippen LogP contribution < -0.4 is 4.90 Å². The van der Waals surface area contributed by atoms with Gasteiger partial charge >= 0.3 is 0 Å². The van der Waals surface area contributed by atoms with Crippen molar-refractivity contribution >= 4 is 15.7 Å². The first-order valence-corrected chi connectivity index (χ1v) is 9.32. The zero-order valence-electron chi connectivity index (χ0n) is 12.4. The van der Waals surface area contributed by atoms with Gasteiger partial charge in [-0.1, -0.05) is 30.9 Å². The van der Waals surface area contributed by atoms with Gasteiger partial charge in [-0.15, -0.1) is 0 Å². The highest BCUT2D eigenvalue weighted by Gasteiger charge is 2.40. The first kappa shape index (κ1) is 13.6. The van der Waals surface area contributed by atoms with Crippen LogP contribution in [0.15, 0.2) is 64.6 Å². The Kier molecular flexibility index (Phi) is 3.51. The van der Waals surface area contributed by atoms with Gasteiger partial charge in [0.25, 0.3) is 0 Å². The molecule has 2 heterocycles. The minimum absolute atomic E-state index is 0.839. The van der Waals surface area contributed by atoms with Crippen molar-refractivity contribution in [3.8, 4) is 0 Å². The van der Waals surface area contributed by atoms with E-state index < -0.39 is 10.0 Å². The molecular weight excluding hydrogens is 262 g/mol. The van der Waals surface area contributed by atoms with E-state index in [9.17, 15) is 0 Å². The van der Waals surface area contributed by atoms with Crippen LogP contribution in [0.1, 0.15) is 19.8 Å². The molecule has 1 spiro atoms. The second-order valence-corrected chi connectivity index (χ2v) is 8.94. The van der Waals surface area contributed by atoms with E-state index in [-0.39, 0.29) is 0 Å². The quantitative estimate of drug-likeness (QED) is 0.733. The summed E-state index contributed by atoms with van der Waals surface area (Å²) in [5, 5.41) is 0. The predicted molar refractivity (Wildman–Crippen MR) is 91.7 cm³/mol. The molecule has 0 unspecified atom stereocenters. The lowest BCUT2D eigenvalue weighted by Gasteiger charge is -2.46. The predicted octanol–water partition coefficient (Wildman–Crippen LogP) is 5.07. The summed E-state index contributed by atoms with van der Waals surface area (Å²) in [6.45, 7) is 6.20. The van der Waals surface area contributed by atoms with Gasteiger partial charge in [-0.05, 0) is 49.5 Å². The third-order valence-corrected chi connectivity index (χ3v) is 8.77. The van der Waals surface area contributed by atoms with Crippen molar-refractivity contribution in [3.63, 3.8) is 0 Å². The molecule has 20 heavy (non-hydrogen) atoms. The Balaban J connectivity index is 2.31. The number of benzene rings is 1. The average molecular weight is 285 g/mol. The Morgan fingerprint density at radius 2 is 1.90 bits per heavy atom. The summed E-state index contributed by atoms with van der Waals surface area (Å²) in [7, 11) is 1.33. The highest BCUT2D eigenvalue weighted by atomic mass is 32.3. The Hall–Kier alpha value is -1.41. The summed E-state index contributed by atoms with van der Waals surface area (Å²) in [6.07, 6.45) is 9.29. The minimum atomic E-state index is -0.839. The molecule has 0 aliphatic carbocycles. The Bertz CT molecular complexity index is 591. The lowest BCUT2D eigenvalue weighted by atomic mass is 10.2. The van der Waals surface area contributed by atoms with Crippen LogP contribution in [0, 0.1) is 0 Å². The molecule has 0 aromatic heterocycles. The first-order chi connectivity index (χ1) is 9.74. The number of para-hydroxylation sites is 1. The highest BCUT2D eigenvalue weighted by molar-refractivity contribution is 8.37. The molecule has 0 saturated carbocycles. The molecule has 0 radical (unpaired) electrons. The van der Waals surface area contributed by atoms with E-state index in [1.54, 1.807) is 4.90 Å². The molecule has 0 bridgehead atoms. The normalized spacial score (nSPS) is 22.4. The van der Waals surface area contributed by atoms with Crippen molar-refractivity contribution in [2.45, 2.75) is 24.7 Å². The molecule has 1 saturated heterocycles. The van der Waals surface area contributed by atoms with Gasteiger partial charge in [0.1, 0.15) is 0 Å². The van der Waals surface area contributed by atoms with E-state index in [2.05, 4.69) is 61.9 Å². The average Bonchev–Trinajstić information content (AvgIpc) is 2.96. The highest BCUT2D eigenvalue weighted by Crippen LogP contribution is 2.71. The zero-order valence-corrected chi connectivity index (χ0v) is 13.2. The fourth-order valence-electron chi connectivity index (χ4n) is 3.52. The lowest BCUT2D eigenvalue weighted by Crippen LogP contribution is -2.26. The van der Waals surface area contributed by atoms with Crippen molar-refractivity contribution in [1.82, 2.24) is 0 Å². The third-order valence-electron chi connectivity index (χ3n) is 4.43. The number of allylic oxidation sites excluding steroid dienone is 3. The number of rotatable bonds is 2. The van der Waals surface area contributed by atoms with E-state index in [4.69, 9.17) is 0 Å². The van der Waals surface area contributed by atoms with E-state index in [1.807, 2.05) is 6.08 Å². The van der Waals surface area contributed by atoms with Gasteiger partial charge in [-0.2, -0.15) is 10.0 Å². The second-order valence-electron chi connectivity index (χ2n) is 5.48. The van der Waals surface area contributed by atoms with Crippen molar-refractivity contribution in [2.75, 3.05) is 23.5 Å². The number of anilines is 1. The molecule has 106 valence electrons. The van der Waals surface area contributed by atoms with Crippen molar-refractivity contribution in [3.05, 3.63) is 59.7 Å². The van der Waals surface area contributed by atoms with E-state index in [0.717, 1.165) is 0 Å². The van der Waals surface area contributed by atoms with E-state index in [1.165, 1.54) is 40.6 Å². The number of hydrogen-bond acceptors (Lipinski definition) is 1. The molecule has 3 rings (SSSR count). The van der Waals surface area contributed by atoms with Crippen LogP contribution in [-0.4, -0.2) is 18.6 Å². The summed E-state index contributed by atoms with van der Waals surface area (Å²) >= 11 is 0. The molecule has 0 N–H and O–H groups in total. The summed E-state index contributed by atoms with van der Waals surface area (Å²) in [5.41, 5.74) is 2.69. The monoisotopic (exact) mass is 285 g/mol. The van der Waals surface area contributed by atoms with Gasteiger partial charge in [-0.3, -0.25) is 0 Å². The first-order valence-electron chi connectivity index (χ1n) is 7.35. The van der Waals surface area contributed by atoms with Gasteiger partial charge in [0.15, 0.2) is 0 Å². The van der Waals surface area contributed by atoms with Crippen LogP contribution >= 0.6 is 10.0 Å². The summed E-state index contributed by atoms with van der Waals surface area (Å²) in [5.74, 6) is 2.68. The summed E-state index contributed by atoms with van der Waals surface area (Å²) in [4.78, 5) is 5.43. The van der Waals surface area contributed by atoms with Gasteiger partial charge in [-0.25, -0.2) is 0 Å². The summed E-state index contributed by atoms with van der Waals surface area (Å²) < 4.78 is 0. The Morgan fingerprint density at radius 3 is 2.55 bits per heavy atom. The van der Waals surface area contributed by atoms with Crippen LogP contribution in [0.3, 0.4) is 0 Å². The topological polar surface area (TPSA) is 3.24 Å². The molecule has 1 nitrogen and oxygen atoms in total. The third kappa shape index (κ3) is 1.78. The van der Waals surface area contributed by atoms with Gasteiger partial charge in [0.2, 0.25) is 0 Å². The molecular formula is C18H23NS. The van der Waals surface area contributed by atoms with Gasteiger partial charge < -0.3 is 4.90 Å². The Morgan fingerprint density at radius 1 is 1.20 bits per heavy atom. The molecule has 2 aliphatic heterocycles. The van der Waals surface area contributed by atoms with Gasteiger partial charge in [0, 0.05) is 16.8 Å². The van der Waals surface area contributed by atoms with Crippen LogP contribution in [0.5, 0.6) is 0 Å². The van der Waals surface area contributed by atoms with Crippen LogP contribution in [0.4, 0.5) is 5.69 Å². The number of fused-ring (bicyclic) bond motifs is 2. The minimum Gasteiger partial charge on any atom is -0.343 e. The smallest absolute Gasteiger partial charge is 0.0534 e. The van der Waals surface area contributed by atoms with Crippen LogP contribution in [0.2, 0.25) is 0 Å². The molecule has 2 aliphatic rings. The van der Waals surface area contributed by atoms with E-state index >= 15 is 0 Å². The van der Waals surface area contributed by atoms with E-state index in [0.29, 0.717) is 0 Å². The lowest BCUT2D eigenvalue weighted by molar-refractivity contribution is 0.949. The van der Waals surface area contributed by atoms with Gasteiger partial charge in [0.05, 0.1) is 11.4 Å². The maximum Gasteiger partial charge on any atom is 0.0534 e. The molecule has 1 fully saturated rings. The maximum atomic E-state index is 4.07. The van der Waals surface area contributed by atoms with Crippen molar-refractivity contribution in [2.24, 2.45) is 0 Å².